The van der Waals surface area contributed by atoms with E-state index < -0.39 is 0 Å². The molecule has 2 N–H and O–H groups in total. The van der Waals surface area contributed by atoms with Gasteiger partial charge in [0.15, 0.2) is 0 Å². The predicted molar refractivity (Wildman–Crippen MR) is 88.9 cm³/mol. The summed E-state index contributed by atoms with van der Waals surface area (Å²) in [6.45, 7) is 0. The number of hydrogen-bond donors (Lipinski definition) is 2. The van der Waals surface area contributed by atoms with Crippen molar-refractivity contribution in [3.8, 4) is 5.75 Å². The van der Waals surface area contributed by atoms with Crippen LogP contribution in [-0.4, -0.2) is 29.0 Å². The number of methoxy groups -OCH3 is 1. The first-order valence-corrected chi connectivity index (χ1v) is 7.79. The summed E-state index contributed by atoms with van der Waals surface area (Å²) in [6.07, 6.45) is 6.33. The Kier molecular flexibility index (Phi) is 4.71. The van der Waals surface area contributed by atoms with Gasteiger partial charge in [-0.2, -0.15) is 0 Å². The van der Waals surface area contributed by atoms with Crippen LogP contribution >= 0.6 is 0 Å². The zero-order valence-electron chi connectivity index (χ0n) is 13.1. The molecule has 1 aliphatic rings. The normalized spacial score (nSPS) is 14.5. The number of hydrogen-bond acceptors (Lipinski definition) is 5. The molecule has 0 bridgehead atoms. The first-order valence-electron chi connectivity index (χ1n) is 7.79. The molecule has 0 saturated heterocycles. The van der Waals surface area contributed by atoms with E-state index in [9.17, 15) is 4.79 Å². The largest absolute Gasteiger partial charge is 0.497 e. The number of aromatic nitrogens is 2. The Morgan fingerprint density at radius 1 is 1.17 bits per heavy atom. The highest BCUT2D eigenvalue weighted by atomic mass is 16.5. The van der Waals surface area contributed by atoms with Crippen molar-refractivity contribution in [1.82, 2.24) is 9.97 Å². The molecule has 0 unspecified atom stereocenters. The lowest BCUT2D eigenvalue weighted by Gasteiger charge is -2.12. The van der Waals surface area contributed by atoms with Crippen LogP contribution in [0.2, 0.25) is 0 Å². The van der Waals surface area contributed by atoms with Crippen LogP contribution in [0.5, 0.6) is 5.75 Å². The van der Waals surface area contributed by atoms with Crippen LogP contribution in [0.25, 0.3) is 0 Å². The summed E-state index contributed by atoms with van der Waals surface area (Å²) in [7, 11) is 1.60. The van der Waals surface area contributed by atoms with Gasteiger partial charge in [0.05, 0.1) is 7.11 Å². The molecule has 3 rings (SSSR count). The fourth-order valence-electron chi connectivity index (χ4n) is 2.68. The van der Waals surface area contributed by atoms with Crippen molar-refractivity contribution >= 4 is 17.5 Å². The lowest BCUT2D eigenvalue weighted by molar-refractivity contribution is 0.102. The van der Waals surface area contributed by atoms with Crippen molar-refractivity contribution in [3.05, 3.63) is 42.2 Å². The van der Waals surface area contributed by atoms with Crippen molar-refractivity contribution in [2.24, 2.45) is 0 Å². The summed E-state index contributed by atoms with van der Waals surface area (Å²) in [5.74, 6) is 0.999. The van der Waals surface area contributed by atoms with E-state index in [1.807, 2.05) is 0 Å². The van der Waals surface area contributed by atoms with Crippen molar-refractivity contribution in [1.29, 1.82) is 0 Å². The molecule has 1 fully saturated rings. The fourth-order valence-corrected chi connectivity index (χ4v) is 2.68. The van der Waals surface area contributed by atoms with Gasteiger partial charge >= 0.3 is 0 Å². The van der Waals surface area contributed by atoms with E-state index in [4.69, 9.17) is 4.74 Å². The molecule has 0 atom stereocenters. The molecule has 0 radical (unpaired) electrons. The summed E-state index contributed by atoms with van der Waals surface area (Å²) in [5, 5.41) is 6.11. The fraction of sp³-hybridized carbons (Fsp3) is 0.353. The van der Waals surface area contributed by atoms with Crippen LogP contribution in [0.15, 0.2) is 36.5 Å². The van der Waals surface area contributed by atoms with Gasteiger partial charge in [0, 0.05) is 17.9 Å². The summed E-state index contributed by atoms with van der Waals surface area (Å²) >= 11 is 0. The highest BCUT2D eigenvalue weighted by Crippen LogP contribution is 2.21. The van der Waals surface area contributed by atoms with Gasteiger partial charge in [-0.25, -0.2) is 9.97 Å². The summed E-state index contributed by atoms with van der Waals surface area (Å²) in [6, 6.07) is 9.19. The lowest BCUT2D eigenvalue weighted by atomic mass is 10.2. The molecule has 1 amide bonds. The quantitative estimate of drug-likeness (QED) is 0.887. The molecule has 1 heterocycles. The van der Waals surface area contributed by atoms with Crippen molar-refractivity contribution < 1.29 is 9.53 Å². The molecule has 1 saturated carbocycles. The number of ether oxygens (including phenoxy) is 1. The van der Waals surface area contributed by atoms with Crippen molar-refractivity contribution in [2.75, 3.05) is 17.7 Å². The van der Waals surface area contributed by atoms with E-state index in [0.717, 1.165) is 18.6 Å². The van der Waals surface area contributed by atoms with Crippen LogP contribution < -0.4 is 15.4 Å². The third-order valence-electron chi connectivity index (χ3n) is 3.92. The second kappa shape index (κ2) is 7.09. The number of amides is 1. The minimum atomic E-state index is -0.257. The zero-order chi connectivity index (χ0) is 16.1. The van der Waals surface area contributed by atoms with Gasteiger partial charge < -0.3 is 15.4 Å². The maximum atomic E-state index is 12.3. The highest BCUT2D eigenvalue weighted by molar-refractivity contribution is 6.02. The second-order valence-electron chi connectivity index (χ2n) is 5.57. The Balaban J connectivity index is 1.66. The van der Waals surface area contributed by atoms with Crippen molar-refractivity contribution in [2.45, 2.75) is 31.7 Å². The van der Waals surface area contributed by atoms with Gasteiger partial charge in [-0.1, -0.05) is 12.8 Å². The Morgan fingerprint density at radius 2 is 1.91 bits per heavy atom. The van der Waals surface area contributed by atoms with E-state index >= 15 is 0 Å². The molecule has 6 heteroatoms. The van der Waals surface area contributed by atoms with E-state index in [0.29, 0.717) is 23.4 Å². The van der Waals surface area contributed by atoms with E-state index in [1.54, 1.807) is 43.6 Å². The SMILES string of the molecule is COc1ccc(NC(=O)c2ccnc(NC3CCCC3)n2)cc1. The molecular weight excluding hydrogens is 292 g/mol. The predicted octanol–water partition coefficient (Wildman–Crippen LogP) is 3.09. The molecule has 120 valence electrons. The molecule has 0 spiro atoms. The monoisotopic (exact) mass is 312 g/mol. The first-order chi connectivity index (χ1) is 11.2. The van der Waals surface area contributed by atoms with E-state index in [-0.39, 0.29) is 5.91 Å². The minimum absolute atomic E-state index is 0.257. The van der Waals surface area contributed by atoms with Crippen LogP contribution in [0.4, 0.5) is 11.6 Å². The number of carbonyl (C=O) groups is 1. The van der Waals surface area contributed by atoms with Crippen LogP contribution in [0.1, 0.15) is 36.2 Å². The van der Waals surface area contributed by atoms with Crippen LogP contribution in [0.3, 0.4) is 0 Å². The van der Waals surface area contributed by atoms with Gasteiger partial charge in [0.2, 0.25) is 5.95 Å². The maximum Gasteiger partial charge on any atom is 0.274 e. The second-order valence-corrected chi connectivity index (χ2v) is 5.57. The van der Waals surface area contributed by atoms with Crippen LogP contribution in [-0.2, 0) is 0 Å². The molecular formula is C17H20N4O2. The molecule has 6 nitrogen and oxygen atoms in total. The Labute approximate surface area is 135 Å². The van der Waals surface area contributed by atoms with Gasteiger partial charge in [-0.3, -0.25) is 4.79 Å². The number of nitrogens with one attached hydrogen (secondary N) is 2. The molecule has 0 aliphatic heterocycles. The Bertz CT molecular complexity index is 667. The number of rotatable bonds is 5. The minimum Gasteiger partial charge on any atom is -0.497 e. The average molecular weight is 312 g/mol. The number of benzene rings is 1. The Hall–Kier alpha value is -2.63. The van der Waals surface area contributed by atoms with Crippen LogP contribution in [0, 0.1) is 0 Å². The highest BCUT2D eigenvalue weighted by Gasteiger charge is 2.16. The number of anilines is 2. The summed E-state index contributed by atoms with van der Waals surface area (Å²) in [4.78, 5) is 20.8. The van der Waals surface area contributed by atoms with Gasteiger partial charge in [0.1, 0.15) is 11.4 Å². The van der Waals surface area contributed by atoms with E-state index in [1.165, 1.54) is 12.8 Å². The average Bonchev–Trinajstić information content (AvgIpc) is 3.09. The topological polar surface area (TPSA) is 76.1 Å². The van der Waals surface area contributed by atoms with Gasteiger partial charge in [0.25, 0.3) is 5.91 Å². The van der Waals surface area contributed by atoms with Gasteiger partial charge in [-0.15, -0.1) is 0 Å². The molecule has 2 aromatic rings. The van der Waals surface area contributed by atoms with Gasteiger partial charge in [-0.05, 0) is 43.2 Å². The molecule has 1 aromatic carbocycles. The van der Waals surface area contributed by atoms with E-state index in [2.05, 4.69) is 20.6 Å². The molecule has 23 heavy (non-hydrogen) atoms. The number of nitrogens with zero attached hydrogens (tertiary/aromatic N) is 2. The zero-order valence-corrected chi connectivity index (χ0v) is 13.1. The standard InChI is InChI=1S/C17H20N4O2/c1-23-14-8-6-13(7-9-14)19-16(22)15-10-11-18-17(21-15)20-12-4-2-3-5-12/h6-12H,2-5H2,1H3,(H,19,22)(H,18,20,21). The number of carbonyl (C=O) groups excluding carboxylic acids is 1. The summed E-state index contributed by atoms with van der Waals surface area (Å²) in [5.41, 5.74) is 1.04. The maximum absolute atomic E-state index is 12.3. The lowest BCUT2D eigenvalue weighted by Crippen LogP contribution is -2.19. The molecule has 1 aliphatic carbocycles. The smallest absolute Gasteiger partial charge is 0.274 e. The summed E-state index contributed by atoms with van der Waals surface area (Å²) < 4.78 is 5.10. The Morgan fingerprint density at radius 3 is 2.61 bits per heavy atom. The third-order valence-corrected chi connectivity index (χ3v) is 3.92. The third kappa shape index (κ3) is 3.97. The first kappa shape index (κ1) is 15.3. The van der Waals surface area contributed by atoms with Crippen molar-refractivity contribution in [3.63, 3.8) is 0 Å². The molecule has 1 aromatic heterocycles.